The summed E-state index contributed by atoms with van der Waals surface area (Å²) in [5, 5.41) is 15.3. The summed E-state index contributed by atoms with van der Waals surface area (Å²) in [7, 11) is 0. The van der Waals surface area contributed by atoms with Crippen LogP contribution < -0.4 is 15.5 Å². The van der Waals surface area contributed by atoms with E-state index in [1.54, 1.807) is 12.1 Å². The number of benzene rings is 2. The minimum atomic E-state index is -0.320. The van der Waals surface area contributed by atoms with Crippen molar-refractivity contribution in [1.82, 2.24) is 9.97 Å². The number of aliphatic hydroxyl groups is 1. The van der Waals surface area contributed by atoms with Gasteiger partial charge in [0.25, 0.3) is 0 Å². The maximum Gasteiger partial charge on any atom is 0.323 e. The molecule has 4 rings (SSSR count). The lowest BCUT2D eigenvalue weighted by Gasteiger charge is -2.43. The van der Waals surface area contributed by atoms with Gasteiger partial charge in [0.1, 0.15) is 5.82 Å². The first-order valence-electron chi connectivity index (χ1n) is 10.5. The van der Waals surface area contributed by atoms with Crippen LogP contribution >= 0.6 is 0 Å². The van der Waals surface area contributed by atoms with Crippen molar-refractivity contribution >= 4 is 23.2 Å². The third-order valence-electron chi connectivity index (χ3n) is 5.28. The number of aliphatic hydroxyl groups excluding tert-OH is 1. The average Bonchev–Trinajstić information content (AvgIpc) is 2.79. The smallest absolute Gasteiger partial charge is 0.323 e. The van der Waals surface area contributed by atoms with Gasteiger partial charge in [-0.3, -0.25) is 0 Å². The highest BCUT2D eigenvalue weighted by molar-refractivity contribution is 5.99. The van der Waals surface area contributed by atoms with Crippen LogP contribution in [0.3, 0.4) is 0 Å². The fraction of sp³-hybridized carbons (Fsp3) is 0.292. The van der Waals surface area contributed by atoms with Crippen molar-refractivity contribution < 1.29 is 14.6 Å². The number of nitrogens with one attached hydrogen (secondary N) is 2. The summed E-state index contributed by atoms with van der Waals surface area (Å²) in [6.45, 7) is 5.98. The molecule has 0 spiro atoms. The Bertz CT molecular complexity index is 1070. The van der Waals surface area contributed by atoms with E-state index < -0.39 is 0 Å². The van der Waals surface area contributed by atoms with Crippen LogP contribution in [0.5, 0.6) is 0 Å². The minimum absolute atomic E-state index is 0.174. The largest absolute Gasteiger partial charge is 0.390 e. The summed E-state index contributed by atoms with van der Waals surface area (Å²) in [6.07, 6.45) is 0. The van der Waals surface area contributed by atoms with Gasteiger partial charge in [-0.05, 0) is 50.2 Å². The molecule has 0 aliphatic carbocycles. The van der Waals surface area contributed by atoms with Crippen molar-refractivity contribution in [2.75, 3.05) is 35.3 Å². The standard InChI is InChI=1S/C24H27N5O3/c1-24(2)16-32-13-12-29(24)21-14-20(15-30)25-22(28-21)17-8-10-19(11-9-17)27-23(31)26-18-6-4-3-5-7-18/h3-11,14,30H,12-13,15-16H2,1-2H3,(H2,26,27,31). The third kappa shape index (κ3) is 5.04. The number of hydrogen-bond acceptors (Lipinski definition) is 6. The summed E-state index contributed by atoms with van der Waals surface area (Å²) in [5.74, 6) is 1.28. The lowest BCUT2D eigenvalue weighted by molar-refractivity contribution is 0.0639. The lowest BCUT2D eigenvalue weighted by Crippen LogP contribution is -2.53. The number of hydrogen-bond donors (Lipinski definition) is 3. The van der Waals surface area contributed by atoms with Crippen molar-refractivity contribution in [3.8, 4) is 11.4 Å². The summed E-state index contributed by atoms with van der Waals surface area (Å²) in [5.41, 5.74) is 2.50. The van der Waals surface area contributed by atoms with Crippen LogP contribution in [0.1, 0.15) is 19.5 Å². The molecule has 0 saturated carbocycles. The number of carbonyl (C=O) groups excluding carboxylic acids is 1. The van der Waals surface area contributed by atoms with Crippen LogP contribution in [0.15, 0.2) is 60.7 Å². The monoisotopic (exact) mass is 433 g/mol. The second-order valence-corrected chi connectivity index (χ2v) is 8.24. The minimum Gasteiger partial charge on any atom is -0.390 e. The number of carbonyl (C=O) groups is 1. The molecule has 0 unspecified atom stereocenters. The zero-order valence-corrected chi connectivity index (χ0v) is 18.2. The van der Waals surface area contributed by atoms with E-state index in [1.165, 1.54) is 0 Å². The second kappa shape index (κ2) is 9.33. The van der Waals surface area contributed by atoms with E-state index in [-0.39, 0.29) is 18.2 Å². The Kier molecular flexibility index (Phi) is 6.34. The van der Waals surface area contributed by atoms with Crippen molar-refractivity contribution in [2.24, 2.45) is 0 Å². The molecule has 2 aromatic carbocycles. The molecule has 0 radical (unpaired) electrons. The quantitative estimate of drug-likeness (QED) is 0.564. The van der Waals surface area contributed by atoms with Crippen molar-refractivity contribution in [3.05, 3.63) is 66.4 Å². The van der Waals surface area contributed by atoms with E-state index in [1.807, 2.05) is 48.5 Å². The number of morpholine rings is 1. The molecule has 1 aromatic heterocycles. The summed E-state index contributed by atoms with van der Waals surface area (Å²) < 4.78 is 5.62. The number of ether oxygens (including phenoxy) is 1. The van der Waals surface area contributed by atoms with E-state index in [2.05, 4.69) is 34.4 Å². The summed E-state index contributed by atoms with van der Waals surface area (Å²) in [6, 6.07) is 18.0. The van der Waals surface area contributed by atoms with E-state index in [0.29, 0.717) is 37.0 Å². The number of para-hydroxylation sites is 1. The predicted octanol–water partition coefficient (Wildman–Crippen LogP) is 3.90. The highest BCUT2D eigenvalue weighted by Gasteiger charge is 2.32. The van der Waals surface area contributed by atoms with Gasteiger partial charge < -0.3 is 25.4 Å². The number of aromatic nitrogens is 2. The van der Waals surface area contributed by atoms with Crippen LogP contribution in [-0.4, -0.2) is 46.4 Å². The SMILES string of the molecule is CC1(C)COCCN1c1cc(CO)nc(-c2ccc(NC(=O)Nc3ccccc3)cc2)n1. The maximum atomic E-state index is 12.2. The average molecular weight is 434 g/mol. The fourth-order valence-electron chi connectivity index (χ4n) is 3.63. The molecule has 3 N–H and O–H groups in total. The van der Waals surface area contributed by atoms with Gasteiger partial charge in [-0.15, -0.1) is 0 Å². The van der Waals surface area contributed by atoms with Crippen LogP contribution in [0.4, 0.5) is 22.0 Å². The Morgan fingerprint density at radius 2 is 1.75 bits per heavy atom. The molecule has 8 heteroatoms. The number of rotatable bonds is 5. The Balaban J connectivity index is 1.52. The normalized spacial score (nSPS) is 15.3. The molecule has 1 fully saturated rings. The Labute approximate surface area is 187 Å². The van der Waals surface area contributed by atoms with Crippen LogP contribution in [0.2, 0.25) is 0 Å². The molecule has 166 valence electrons. The maximum absolute atomic E-state index is 12.2. The number of urea groups is 1. The molecular weight excluding hydrogens is 406 g/mol. The van der Waals surface area contributed by atoms with Crippen molar-refractivity contribution in [1.29, 1.82) is 0 Å². The zero-order chi connectivity index (χ0) is 22.6. The third-order valence-corrected chi connectivity index (χ3v) is 5.28. The molecule has 8 nitrogen and oxygen atoms in total. The first-order chi connectivity index (χ1) is 15.4. The van der Waals surface area contributed by atoms with Gasteiger partial charge in [-0.2, -0.15) is 0 Å². The van der Waals surface area contributed by atoms with E-state index in [4.69, 9.17) is 9.72 Å². The van der Waals surface area contributed by atoms with E-state index >= 15 is 0 Å². The van der Waals surface area contributed by atoms with Crippen LogP contribution in [0, 0.1) is 0 Å². The van der Waals surface area contributed by atoms with Gasteiger partial charge in [0.05, 0.1) is 31.1 Å². The van der Waals surface area contributed by atoms with E-state index in [9.17, 15) is 9.90 Å². The molecule has 2 heterocycles. The van der Waals surface area contributed by atoms with Gasteiger partial charge in [-0.25, -0.2) is 14.8 Å². The van der Waals surface area contributed by atoms with Gasteiger partial charge in [0.2, 0.25) is 0 Å². The van der Waals surface area contributed by atoms with Crippen molar-refractivity contribution in [3.63, 3.8) is 0 Å². The van der Waals surface area contributed by atoms with Crippen LogP contribution in [-0.2, 0) is 11.3 Å². The number of anilines is 3. The molecule has 2 amide bonds. The van der Waals surface area contributed by atoms with Gasteiger partial charge in [0, 0.05) is 29.5 Å². The van der Waals surface area contributed by atoms with Crippen molar-refractivity contribution in [2.45, 2.75) is 26.0 Å². The number of amides is 2. The van der Waals surface area contributed by atoms with E-state index in [0.717, 1.165) is 17.1 Å². The topological polar surface area (TPSA) is 99.6 Å². The summed E-state index contributed by atoms with van der Waals surface area (Å²) in [4.78, 5) is 23.7. The molecule has 1 aliphatic rings. The zero-order valence-electron chi connectivity index (χ0n) is 18.2. The Morgan fingerprint density at radius 3 is 2.41 bits per heavy atom. The summed E-state index contributed by atoms with van der Waals surface area (Å²) >= 11 is 0. The molecule has 3 aromatic rings. The van der Waals surface area contributed by atoms with Crippen LogP contribution in [0.25, 0.3) is 11.4 Å². The Hall–Kier alpha value is -3.49. The van der Waals surface area contributed by atoms with Gasteiger partial charge in [-0.1, -0.05) is 18.2 Å². The molecule has 0 atom stereocenters. The first-order valence-corrected chi connectivity index (χ1v) is 10.5. The highest BCUT2D eigenvalue weighted by atomic mass is 16.5. The van der Waals surface area contributed by atoms with Gasteiger partial charge >= 0.3 is 6.03 Å². The second-order valence-electron chi connectivity index (χ2n) is 8.24. The fourth-order valence-corrected chi connectivity index (χ4v) is 3.63. The predicted molar refractivity (Wildman–Crippen MR) is 125 cm³/mol. The molecule has 1 saturated heterocycles. The molecule has 32 heavy (non-hydrogen) atoms. The number of nitrogens with zero attached hydrogens (tertiary/aromatic N) is 3. The molecular formula is C24H27N5O3. The van der Waals surface area contributed by atoms with Gasteiger partial charge in [0.15, 0.2) is 5.82 Å². The Morgan fingerprint density at radius 1 is 1.06 bits per heavy atom. The molecule has 0 bridgehead atoms. The lowest BCUT2D eigenvalue weighted by atomic mass is 10.0. The first kappa shape index (κ1) is 21.7. The highest BCUT2D eigenvalue weighted by Crippen LogP contribution is 2.28. The molecule has 1 aliphatic heterocycles.